The summed E-state index contributed by atoms with van der Waals surface area (Å²) in [5.41, 5.74) is 3.32. The van der Waals surface area contributed by atoms with E-state index in [2.05, 4.69) is 29.0 Å². The Labute approximate surface area is 94.0 Å². The molecule has 0 aliphatic carbocycles. The first-order valence-corrected chi connectivity index (χ1v) is 5.56. The fourth-order valence-corrected chi connectivity index (χ4v) is 1.82. The Morgan fingerprint density at radius 3 is 3.20 bits per heavy atom. The second-order valence-electron chi connectivity index (χ2n) is 3.43. The molecule has 2 nitrogen and oxygen atoms in total. The van der Waals surface area contributed by atoms with Gasteiger partial charge in [0.15, 0.2) is 0 Å². The van der Waals surface area contributed by atoms with E-state index in [1.807, 2.05) is 12.3 Å². The number of nitrogens with zero attached hydrogens (tertiary/aromatic N) is 1. The van der Waals surface area contributed by atoms with E-state index >= 15 is 0 Å². The topological polar surface area (TPSA) is 28.7 Å². The SMILES string of the molecule is CC/C(=C/c1c[nH]c2ncccc12)CCl. The standard InChI is InChI=1S/C12H13ClN2/c1-2-9(7-13)6-10-8-15-12-11(10)4-3-5-14-12/h3-6,8H,2,7H2,1H3,(H,14,15)/b9-6-. The Kier molecular flexibility index (Phi) is 3.07. The highest BCUT2D eigenvalue weighted by Crippen LogP contribution is 2.19. The maximum Gasteiger partial charge on any atom is 0.137 e. The smallest absolute Gasteiger partial charge is 0.137 e. The van der Waals surface area contributed by atoms with Crippen LogP contribution in [0.15, 0.2) is 30.1 Å². The first-order valence-electron chi connectivity index (χ1n) is 5.02. The highest BCUT2D eigenvalue weighted by molar-refractivity contribution is 6.19. The molecule has 0 fully saturated rings. The van der Waals surface area contributed by atoms with Gasteiger partial charge in [0.1, 0.15) is 5.65 Å². The second-order valence-corrected chi connectivity index (χ2v) is 3.70. The Morgan fingerprint density at radius 2 is 2.47 bits per heavy atom. The molecule has 2 aromatic rings. The fourth-order valence-electron chi connectivity index (χ4n) is 1.55. The molecule has 0 aromatic carbocycles. The van der Waals surface area contributed by atoms with Crippen molar-refractivity contribution < 1.29 is 0 Å². The molecule has 0 bridgehead atoms. The first-order chi connectivity index (χ1) is 7.35. The van der Waals surface area contributed by atoms with Crippen LogP contribution in [-0.2, 0) is 0 Å². The van der Waals surface area contributed by atoms with Crippen LogP contribution in [-0.4, -0.2) is 15.8 Å². The average Bonchev–Trinajstić information content (AvgIpc) is 2.69. The minimum atomic E-state index is 0.587. The van der Waals surface area contributed by atoms with Gasteiger partial charge < -0.3 is 4.98 Å². The Bertz CT molecular complexity index is 479. The molecule has 2 heterocycles. The molecule has 0 unspecified atom stereocenters. The molecular weight excluding hydrogens is 208 g/mol. The molecule has 3 heteroatoms. The first kappa shape index (κ1) is 10.2. The molecule has 0 amide bonds. The maximum atomic E-state index is 5.84. The van der Waals surface area contributed by atoms with Gasteiger partial charge in [-0.1, -0.05) is 18.6 Å². The molecule has 0 spiro atoms. The number of hydrogen-bond donors (Lipinski definition) is 1. The number of allylic oxidation sites excluding steroid dienone is 1. The van der Waals surface area contributed by atoms with Crippen molar-refractivity contribution in [2.45, 2.75) is 13.3 Å². The van der Waals surface area contributed by atoms with Crippen LogP contribution in [0.1, 0.15) is 18.9 Å². The largest absolute Gasteiger partial charge is 0.346 e. The predicted molar refractivity (Wildman–Crippen MR) is 65.1 cm³/mol. The van der Waals surface area contributed by atoms with Gasteiger partial charge >= 0.3 is 0 Å². The number of nitrogens with one attached hydrogen (secondary N) is 1. The molecule has 0 aliphatic rings. The van der Waals surface area contributed by atoms with Gasteiger partial charge in [-0.15, -0.1) is 11.6 Å². The van der Waals surface area contributed by atoms with Crippen molar-refractivity contribution in [1.82, 2.24) is 9.97 Å². The van der Waals surface area contributed by atoms with Crippen LogP contribution in [0.4, 0.5) is 0 Å². The van der Waals surface area contributed by atoms with Crippen molar-refractivity contribution in [2.75, 3.05) is 5.88 Å². The van der Waals surface area contributed by atoms with Crippen LogP contribution < -0.4 is 0 Å². The van der Waals surface area contributed by atoms with Crippen molar-refractivity contribution in [3.05, 3.63) is 35.7 Å². The zero-order chi connectivity index (χ0) is 10.7. The van der Waals surface area contributed by atoms with Crippen molar-refractivity contribution in [3.63, 3.8) is 0 Å². The molecule has 2 aromatic heterocycles. The summed E-state index contributed by atoms with van der Waals surface area (Å²) in [6.07, 6.45) is 6.87. The third-order valence-electron chi connectivity index (χ3n) is 2.47. The van der Waals surface area contributed by atoms with Crippen LogP contribution in [0, 0.1) is 0 Å². The lowest BCUT2D eigenvalue weighted by atomic mass is 10.1. The molecule has 0 saturated carbocycles. The molecule has 0 saturated heterocycles. The Morgan fingerprint density at radius 1 is 1.60 bits per heavy atom. The summed E-state index contributed by atoms with van der Waals surface area (Å²) in [6.45, 7) is 2.11. The average molecular weight is 221 g/mol. The van der Waals surface area contributed by atoms with E-state index in [1.165, 1.54) is 5.57 Å². The van der Waals surface area contributed by atoms with Gasteiger partial charge in [0.25, 0.3) is 0 Å². The number of halogens is 1. The third kappa shape index (κ3) is 2.05. The summed E-state index contributed by atoms with van der Waals surface area (Å²) in [4.78, 5) is 7.39. The van der Waals surface area contributed by atoms with E-state index in [4.69, 9.17) is 11.6 Å². The number of rotatable bonds is 3. The minimum absolute atomic E-state index is 0.587. The number of fused-ring (bicyclic) bond motifs is 1. The van der Waals surface area contributed by atoms with Gasteiger partial charge in [0.05, 0.1) is 0 Å². The monoisotopic (exact) mass is 220 g/mol. The van der Waals surface area contributed by atoms with Crippen LogP contribution in [0.2, 0.25) is 0 Å². The number of aromatic amines is 1. The predicted octanol–water partition coefficient (Wildman–Crippen LogP) is 3.60. The van der Waals surface area contributed by atoms with Crippen LogP contribution in [0.3, 0.4) is 0 Å². The van der Waals surface area contributed by atoms with E-state index < -0.39 is 0 Å². The van der Waals surface area contributed by atoms with Crippen molar-refractivity contribution in [2.24, 2.45) is 0 Å². The van der Waals surface area contributed by atoms with Crippen molar-refractivity contribution >= 4 is 28.7 Å². The lowest BCUT2D eigenvalue weighted by molar-refractivity contribution is 1.12. The van der Waals surface area contributed by atoms with Gasteiger partial charge in [0, 0.05) is 29.2 Å². The lowest BCUT2D eigenvalue weighted by Crippen LogP contribution is -1.81. The zero-order valence-electron chi connectivity index (χ0n) is 8.63. The maximum absolute atomic E-state index is 5.84. The van der Waals surface area contributed by atoms with Crippen LogP contribution >= 0.6 is 11.6 Å². The Balaban J connectivity index is 2.48. The highest BCUT2D eigenvalue weighted by atomic mass is 35.5. The molecule has 0 aliphatic heterocycles. The van der Waals surface area contributed by atoms with E-state index in [0.29, 0.717) is 5.88 Å². The molecular formula is C12H13ClN2. The zero-order valence-corrected chi connectivity index (χ0v) is 9.38. The minimum Gasteiger partial charge on any atom is -0.346 e. The summed E-state index contributed by atoms with van der Waals surface area (Å²) >= 11 is 5.84. The Hall–Kier alpha value is -1.28. The molecule has 15 heavy (non-hydrogen) atoms. The quantitative estimate of drug-likeness (QED) is 0.787. The molecule has 2 rings (SSSR count). The molecule has 78 valence electrons. The van der Waals surface area contributed by atoms with E-state index in [1.54, 1.807) is 6.20 Å². The van der Waals surface area contributed by atoms with Gasteiger partial charge in [0.2, 0.25) is 0 Å². The summed E-state index contributed by atoms with van der Waals surface area (Å²) < 4.78 is 0. The summed E-state index contributed by atoms with van der Waals surface area (Å²) in [5, 5.41) is 1.15. The fraction of sp³-hybridized carbons (Fsp3) is 0.250. The van der Waals surface area contributed by atoms with Gasteiger partial charge in [-0.05, 0) is 18.6 Å². The van der Waals surface area contributed by atoms with Crippen LogP contribution in [0.5, 0.6) is 0 Å². The lowest BCUT2D eigenvalue weighted by Gasteiger charge is -1.97. The molecule has 0 radical (unpaired) electrons. The van der Waals surface area contributed by atoms with Crippen LogP contribution in [0.25, 0.3) is 17.1 Å². The normalized spacial score (nSPS) is 12.3. The summed E-state index contributed by atoms with van der Waals surface area (Å²) in [7, 11) is 0. The number of hydrogen-bond acceptors (Lipinski definition) is 1. The number of H-pyrrole nitrogens is 1. The molecule has 0 atom stereocenters. The van der Waals surface area contributed by atoms with E-state index in [0.717, 1.165) is 23.0 Å². The summed E-state index contributed by atoms with van der Waals surface area (Å²) in [6, 6.07) is 4.01. The van der Waals surface area contributed by atoms with Gasteiger partial charge in [-0.2, -0.15) is 0 Å². The number of alkyl halides is 1. The van der Waals surface area contributed by atoms with Gasteiger partial charge in [-0.3, -0.25) is 0 Å². The second kappa shape index (κ2) is 4.49. The van der Waals surface area contributed by atoms with E-state index in [9.17, 15) is 0 Å². The van der Waals surface area contributed by atoms with E-state index in [-0.39, 0.29) is 0 Å². The number of aromatic nitrogens is 2. The van der Waals surface area contributed by atoms with Crippen molar-refractivity contribution in [1.29, 1.82) is 0 Å². The number of pyridine rings is 1. The third-order valence-corrected chi connectivity index (χ3v) is 2.81. The van der Waals surface area contributed by atoms with Crippen molar-refractivity contribution in [3.8, 4) is 0 Å². The molecule has 1 N–H and O–H groups in total. The highest BCUT2D eigenvalue weighted by Gasteiger charge is 2.01. The summed E-state index contributed by atoms with van der Waals surface area (Å²) in [5.74, 6) is 0.587. The van der Waals surface area contributed by atoms with Gasteiger partial charge in [-0.25, -0.2) is 4.98 Å².